The first-order chi connectivity index (χ1) is 4.75. The Bertz CT molecular complexity index is 210. The molecule has 0 aromatic heterocycles. The molecule has 2 heteroatoms. The summed E-state index contributed by atoms with van der Waals surface area (Å²) >= 11 is 11.4. The van der Waals surface area contributed by atoms with E-state index in [1.807, 2.05) is 18.2 Å². The Hall–Kier alpha value is -0.200. The molecule has 53 valence electrons. The van der Waals surface area contributed by atoms with Crippen molar-refractivity contribution < 1.29 is 0 Å². The fraction of sp³-hybridized carbons (Fsp3) is 0.125. The van der Waals surface area contributed by atoms with Gasteiger partial charge in [-0.3, -0.25) is 0 Å². The van der Waals surface area contributed by atoms with Crippen LogP contribution >= 0.6 is 23.2 Å². The summed E-state index contributed by atoms with van der Waals surface area (Å²) in [5, 5.41) is 0.697. The fourth-order valence-corrected chi connectivity index (χ4v) is 1.40. The molecule has 0 amide bonds. The lowest BCUT2D eigenvalue weighted by atomic mass is 10.1. The quantitative estimate of drug-likeness (QED) is 0.573. The second-order valence-corrected chi connectivity index (χ2v) is 2.69. The molecule has 0 bridgehead atoms. The largest absolute Gasteiger partial charge is 0.121 e. The van der Waals surface area contributed by atoms with Crippen LogP contribution < -0.4 is 0 Å². The molecule has 0 heterocycles. The first-order valence-electron chi connectivity index (χ1n) is 2.91. The molecule has 0 N–H and O–H groups in total. The van der Waals surface area contributed by atoms with Crippen LogP contribution in [0.3, 0.4) is 0 Å². The van der Waals surface area contributed by atoms with E-state index in [2.05, 4.69) is 6.92 Å². The topological polar surface area (TPSA) is 0 Å². The fourth-order valence-electron chi connectivity index (χ4n) is 0.753. The zero-order chi connectivity index (χ0) is 7.56. The zero-order valence-corrected chi connectivity index (χ0v) is 6.91. The minimum absolute atomic E-state index is 0.429. The highest BCUT2D eigenvalue weighted by Gasteiger charge is 1.99. The van der Waals surface area contributed by atoms with Crippen molar-refractivity contribution >= 4 is 23.2 Å². The predicted molar refractivity (Wildman–Crippen MR) is 45.5 cm³/mol. The van der Waals surface area contributed by atoms with E-state index in [1.165, 1.54) is 0 Å². The highest BCUT2D eigenvalue weighted by atomic mass is 35.5. The number of hydrogen-bond donors (Lipinski definition) is 0. The Kier molecular flexibility index (Phi) is 2.58. The lowest BCUT2D eigenvalue weighted by molar-refractivity contribution is 1.36. The second kappa shape index (κ2) is 3.27. The van der Waals surface area contributed by atoms with E-state index in [-0.39, 0.29) is 0 Å². The predicted octanol–water partition coefficient (Wildman–Crippen LogP) is 3.26. The van der Waals surface area contributed by atoms with Gasteiger partial charge >= 0.3 is 0 Å². The van der Waals surface area contributed by atoms with Crippen LogP contribution in [0.5, 0.6) is 0 Å². The summed E-state index contributed by atoms with van der Waals surface area (Å²) in [4.78, 5) is 0. The van der Waals surface area contributed by atoms with Gasteiger partial charge in [-0.05, 0) is 24.1 Å². The van der Waals surface area contributed by atoms with Gasteiger partial charge in [-0.25, -0.2) is 0 Å². The zero-order valence-electron chi connectivity index (χ0n) is 5.40. The van der Waals surface area contributed by atoms with E-state index < -0.39 is 0 Å². The molecule has 0 aliphatic heterocycles. The molecule has 0 unspecified atom stereocenters. The van der Waals surface area contributed by atoms with Crippen LogP contribution in [0.15, 0.2) is 18.2 Å². The summed E-state index contributed by atoms with van der Waals surface area (Å²) in [6.45, 7) is 3.78. The summed E-state index contributed by atoms with van der Waals surface area (Å²) in [6, 6.07) is 5.57. The minimum Gasteiger partial charge on any atom is -0.121 e. The molecule has 0 aliphatic carbocycles. The Morgan fingerprint density at radius 1 is 1.40 bits per heavy atom. The third-order valence-corrected chi connectivity index (χ3v) is 1.97. The van der Waals surface area contributed by atoms with E-state index in [1.54, 1.807) is 0 Å². The molecule has 1 aromatic rings. The van der Waals surface area contributed by atoms with Crippen molar-refractivity contribution in [2.45, 2.75) is 5.88 Å². The Morgan fingerprint density at radius 2 is 2.10 bits per heavy atom. The van der Waals surface area contributed by atoms with E-state index in [4.69, 9.17) is 23.2 Å². The molecule has 0 nitrogen and oxygen atoms in total. The summed E-state index contributed by atoms with van der Waals surface area (Å²) in [7, 11) is 0. The molecule has 0 fully saturated rings. The molecular formula is C8H7Cl2. The van der Waals surface area contributed by atoms with Crippen molar-refractivity contribution in [1.29, 1.82) is 0 Å². The second-order valence-electron chi connectivity index (χ2n) is 2.01. The van der Waals surface area contributed by atoms with Crippen molar-refractivity contribution in [2.24, 2.45) is 0 Å². The van der Waals surface area contributed by atoms with Crippen molar-refractivity contribution in [2.75, 3.05) is 0 Å². The lowest BCUT2D eigenvalue weighted by Crippen LogP contribution is -1.84. The van der Waals surface area contributed by atoms with Crippen LogP contribution in [0.4, 0.5) is 0 Å². The average molecular weight is 174 g/mol. The normalized spacial score (nSPS) is 9.90. The summed E-state index contributed by atoms with van der Waals surface area (Å²) < 4.78 is 0. The van der Waals surface area contributed by atoms with Gasteiger partial charge in [0.05, 0.1) is 0 Å². The molecule has 0 aliphatic rings. The van der Waals surface area contributed by atoms with Crippen LogP contribution in [0.2, 0.25) is 5.02 Å². The summed E-state index contributed by atoms with van der Waals surface area (Å²) in [5.74, 6) is 0.429. The molecule has 0 saturated carbocycles. The van der Waals surface area contributed by atoms with Gasteiger partial charge in [-0.15, -0.1) is 11.6 Å². The number of benzene rings is 1. The molecule has 10 heavy (non-hydrogen) atoms. The van der Waals surface area contributed by atoms with E-state index in [0.29, 0.717) is 10.9 Å². The number of rotatable bonds is 1. The highest BCUT2D eigenvalue weighted by Crippen LogP contribution is 2.20. The standard InChI is InChI=1S/C8H7Cl2/c1-6-3-2-4-8(10)7(6)5-9/h2-4H,1,5H2. The SMILES string of the molecule is [CH2]c1cccc(Cl)c1CCl. The first-order valence-corrected chi connectivity index (χ1v) is 3.82. The average Bonchev–Trinajstić information content (AvgIpc) is 1.88. The Balaban J connectivity index is 3.17. The summed E-state index contributed by atoms with van der Waals surface area (Å²) in [5.41, 5.74) is 1.83. The van der Waals surface area contributed by atoms with Crippen LogP contribution in [0, 0.1) is 6.92 Å². The molecule has 0 saturated heterocycles. The van der Waals surface area contributed by atoms with Gasteiger partial charge in [-0.2, -0.15) is 0 Å². The molecule has 1 rings (SSSR count). The van der Waals surface area contributed by atoms with Gasteiger partial charge in [0, 0.05) is 10.9 Å². The number of hydrogen-bond acceptors (Lipinski definition) is 0. The highest BCUT2D eigenvalue weighted by molar-refractivity contribution is 6.32. The first kappa shape index (κ1) is 7.90. The lowest BCUT2D eigenvalue weighted by Gasteiger charge is -2.01. The Labute approximate surface area is 70.8 Å². The maximum absolute atomic E-state index is 5.81. The van der Waals surface area contributed by atoms with Crippen molar-refractivity contribution in [3.63, 3.8) is 0 Å². The van der Waals surface area contributed by atoms with Crippen LogP contribution in [-0.2, 0) is 5.88 Å². The van der Waals surface area contributed by atoms with Gasteiger partial charge < -0.3 is 0 Å². The van der Waals surface area contributed by atoms with Crippen molar-refractivity contribution in [3.05, 3.63) is 41.3 Å². The van der Waals surface area contributed by atoms with E-state index >= 15 is 0 Å². The molecule has 1 radical (unpaired) electrons. The molecule has 0 atom stereocenters. The molecule has 0 spiro atoms. The van der Waals surface area contributed by atoms with Crippen LogP contribution in [-0.4, -0.2) is 0 Å². The van der Waals surface area contributed by atoms with Crippen molar-refractivity contribution in [3.8, 4) is 0 Å². The number of halogens is 2. The third-order valence-electron chi connectivity index (χ3n) is 1.35. The maximum atomic E-state index is 5.81. The van der Waals surface area contributed by atoms with E-state index in [9.17, 15) is 0 Å². The monoisotopic (exact) mass is 173 g/mol. The van der Waals surface area contributed by atoms with Gasteiger partial charge in [0.25, 0.3) is 0 Å². The molecular weight excluding hydrogens is 167 g/mol. The smallest absolute Gasteiger partial charge is 0.0491 e. The van der Waals surface area contributed by atoms with E-state index in [0.717, 1.165) is 11.1 Å². The number of alkyl halides is 1. The third kappa shape index (κ3) is 1.44. The van der Waals surface area contributed by atoms with Crippen LogP contribution in [0.25, 0.3) is 0 Å². The van der Waals surface area contributed by atoms with Crippen molar-refractivity contribution in [1.82, 2.24) is 0 Å². The minimum atomic E-state index is 0.429. The summed E-state index contributed by atoms with van der Waals surface area (Å²) in [6.07, 6.45) is 0. The molecule has 1 aromatic carbocycles. The van der Waals surface area contributed by atoms with Gasteiger partial charge in [0.15, 0.2) is 0 Å². The maximum Gasteiger partial charge on any atom is 0.0491 e. The van der Waals surface area contributed by atoms with Gasteiger partial charge in [0.2, 0.25) is 0 Å². The Morgan fingerprint density at radius 3 is 2.50 bits per heavy atom. The van der Waals surface area contributed by atoms with Gasteiger partial charge in [0.1, 0.15) is 0 Å². The van der Waals surface area contributed by atoms with Crippen LogP contribution in [0.1, 0.15) is 11.1 Å². The van der Waals surface area contributed by atoms with Gasteiger partial charge in [-0.1, -0.05) is 23.7 Å².